The second-order valence-corrected chi connectivity index (χ2v) is 6.38. The zero-order valence-corrected chi connectivity index (χ0v) is 12.3. The van der Waals surface area contributed by atoms with E-state index in [0.29, 0.717) is 0 Å². The number of rotatable bonds is 10. The van der Waals surface area contributed by atoms with Crippen molar-refractivity contribution in [1.82, 2.24) is 10.2 Å². The molecule has 0 bridgehead atoms. The Kier molecular flexibility index (Phi) is 7.14. The molecular formula is C15H32N2. The van der Waals surface area contributed by atoms with Crippen molar-refractivity contribution in [2.24, 2.45) is 11.8 Å². The van der Waals surface area contributed by atoms with Crippen LogP contribution in [0.3, 0.4) is 0 Å². The summed E-state index contributed by atoms with van der Waals surface area (Å²) in [5, 5.41) is 3.58. The monoisotopic (exact) mass is 240 g/mol. The van der Waals surface area contributed by atoms with Crippen LogP contribution in [0.25, 0.3) is 0 Å². The van der Waals surface area contributed by atoms with Gasteiger partial charge in [0, 0.05) is 19.1 Å². The lowest BCUT2D eigenvalue weighted by atomic mass is 10.1. The van der Waals surface area contributed by atoms with Crippen LogP contribution < -0.4 is 5.32 Å². The largest absolute Gasteiger partial charge is 0.315 e. The molecule has 1 saturated carbocycles. The summed E-state index contributed by atoms with van der Waals surface area (Å²) < 4.78 is 0. The predicted molar refractivity (Wildman–Crippen MR) is 76.4 cm³/mol. The van der Waals surface area contributed by atoms with Gasteiger partial charge in [-0.25, -0.2) is 0 Å². The Morgan fingerprint density at radius 2 is 1.59 bits per heavy atom. The van der Waals surface area contributed by atoms with E-state index in [1.54, 1.807) is 0 Å². The first kappa shape index (κ1) is 15.0. The molecule has 0 radical (unpaired) electrons. The molecule has 0 unspecified atom stereocenters. The Labute approximate surface area is 108 Å². The Hall–Kier alpha value is -0.0800. The molecule has 17 heavy (non-hydrogen) atoms. The number of hydrogen-bond donors (Lipinski definition) is 1. The van der Waals surface area contributed by atoms with Crippen LogP contribution in [0.5, 0.6) is 0 Å². The van der Waals surface area contributed by atoms with Crippen molar-refractivity contribution in [3.8, 4) is 0 Å². The molecule has 0 heterocycles. The van der Waals surface area contributed by atoms with E-state index in [1.807, 2.05) is 0 Å². The van der Waals surface area contributed by atoms with Gasteiger partial charge in [0.05, 0.1) is 0 Å². The van der Waals surface area contributed by atoms with Gasteiger partial charge in [-0.15, -0.1) is 0 Å². The molecule has 0 amide bonds. The van der Waals surface area contributed by atoms with Crippen molar-refractivity contribution in [1.29, 1.82) is 0 Å². The van der Waals surface area contributed by atoms with Crippen molar-refractivity contribution in [3.63, 3.8) is 0 Å². The average Bonchev–Trinajstić information content (AvgIpc) is 3.05. The van der Waals surface area contributed by atoms with Crippen molar-refractivity contribution >= 4 is 0 Å². The molecule has 1 rings (SSSR count). The van der Waals surface area contributed by atoms with Gasteiger partial charge in [0.1, 0.15) is 0 Å². The Morgan fingerprint density at radius 3 is 2.12 bits per heavy atom. The van der Waals surface area contributed by atoms with Crippen LogP contribution in [0.4, 0.5) is 0 Å². The van der Waals surface area contributed by atoms with Gasteiger partial charge in [-0.1, -0.05) is 27.7 Å². The molecule has 1 N–H and O–H groups in total. The third-order valence-corrected chi connectivity index (χ3v) is 3.53. The highest BCUT2D eigenvalue weighted by atomic mass is 15.2. The van der Waals surface area contributed by atoms with Crippen LogP contribution in [0, 0.1) is 11.8 Å². The van der Waals surface area contributed by atoms with E-state index in [1.165, 1.54) is 51.9 Å². The SMILES string of the molecule is CC(C)CCNCCN(CCC(C)C)C1CC1. The summed E-state index contributed by atoms with van der Waals surface area (Å²) in [6.07, 6.45) is 5.52. The average molecular weight is 240 g/mol. The highest BCUT2D eigenvalue weighted by Crippen LogP contribution is 2.26. The lowest BCUT2D eigenvalue weighted by Gasteiger charge is -2.23. The summed E-state index contributed by atoms with van der Waals surface area (Å²) in [5.74, 6) is 1.66. The minimum absolute atomic E-state index is 0.822. The third kappa shape index (κ3) is 7.77. The highest BCUT2D eigenvalue weighted by Gasteiger charge is 2.28. The maximum Gasteiger partial charge on any atom is 0.0110 e. The minimum atomic E-state index is 0.822. The number of nitrogens with one attached hydrogen (secondary N) is 1. The zero-order chi connectivity index (χ0) is 12.7. The van der Waals surface area contributed by atoms with Crippen molar-refractivity contribution < 1.29 is 0 Å². The Morgan fingerprint density at radius 1 is 0.941 bits per heavy atom. The maximum absolute atomic E-state index is 3.58. The summed E-state index contributed by atoms with van der Waals surface area (Å²) >= 11 is 0. The van der Waals surface area contributed by atoms with E-state index in [-0.39, 0.29) is 0 Å². The van der Waals surface area contributed by atoms with E-state index in [4.69, 9.17) is 0 Å². The van der Waals surface area contributed by atoms with Gasteiger partial charge in [-0.3, -0.25) is 4.90 Å². The molecule has 1 aliphatic rings. The van der Waals surface area contributed by atoms with E-state index in [9.17, 15) is 0 Å². The van der Waals surface area contributed by atoms with E-state index in [2.05, 4.69) is 37.9 Å². The van der Waals surface area contributed by atoms with Crippen LogP contribution in [-0.4, -0.2) is 37.1 Å². The second-order valence-electron chi connectivity index (χ2n) is 6.38. The van der Waals surface area contributed by atoms with Gasteiger partial charge < -0.3 is 5.32 Å². The molecule has 0 aromatic heterocycles. The molecule has 1 aliphatic carbocycles. The molecule has 0 spiro atoms. The summed E-state index contributed by atoms with van der Waals surface area (Å²) in [6.45, 7) is 14.1. The zero-order valence-electron chi connectivity index (χ0n) is 12.3. The lowest BCUT2D eigenvalue weighted by Crippen LogP contribution is -2.35. The molecule has 1 fully saturated rings. The van der Waals surface area contributed by atoms with Gasteiger partial charge in [0.25, 0.3) is 0 Å². The minimum Gasteiger partial charge on any atom is -0.315 e. The fourth-order valence-electron chi connectivity index (χ4n) is 2.08. The second kappa shape index (κ2) is 8.10. The standard InChI is InChI=1S/C15H32N2/c1-13(2)7-9-16-10-12-17(15-5-6-15)11-8-14(3)4/h13-16H,5-12H2,1-4H3. The molecule has 0 aliphatic heterocycles. The Balaban J connectivity index is 2.04. The van der Waals surface area contributed by atoms with Crippen LogP contribution >= 0.6 is 0 Å². The highest BCUT2D eigenvalue weighted by molar-refractivity contribution is 4.84. The van der Waals surface area contributed by atoms with Gasteiger partial charge >= 0.3 is 0 Å². The third-order valence-electron chi connectivity index (χ3n) is 3.53. The van der Waals surface area contributed by atoms with Gasteiger partial charge in [0.2, 0.25) is 0 Å². The first-order valence-corrected chi connectivity index (χ1v) is 7.54. The van der Waals surface area contributed by atoms with E-state index >= 15 is 0 Å². The van der Waals surface area contributed by atoms with Crippen molar-refractivity contribution in [3.05, 3.63) is 0 Å². The first-order valence-electron chi connectivity index (χ1n) is 7.54. The van der Waals surface area contributed by atoms with Gasteiger partial charge in [0.15, 0.2) is 0 Å². The smallest absolute Gasteiger partial charge is 0.0110 e. The van der Waals surface area contributed by atoms with Crippen LogP contribution in [-0.2, 0) is 0 Å². The van der Waals surface area contributed by atoms with E-state index < -0.39 is 0 Å². The fourth-order valence-corrected chi connectivity index (χ4v) is 2.08. The molecule has 0 aromatic carbocycles. The molecular weight excluding hydrogens is 208 g/mol. The normalized spacial score (nSPS) is 16.4. The predicted octanol–water partition coefficient (Wildman–Crippen LogP) is 3.13. The fraction of sp³-hybridized carbons (Fsp3) is 1.00. The summed E-state index contributed by atoms with van der Waals surface area (Å²) in [5.41, 5.74) is 0. The quantitative estimate of drug-likeness (QED) is 0.590. The molecule has 102 valence electrons. The molecule has 0 atom stereocenters. The molecule has 2 heteroatoms. The van der Waals surface area contributed by atoms with Crippen LogP contribution in [0.1, 0.15) is 53.4 Å². The van der Waals surface area contributed by atoms with Gasteiger partial charge in [-0.05, 0) is 50.6 Å². The van der Waals surface area contributed by atoms with Crippen LogP contribution in [0.15, 0.2) is 0 Å². The molecule has 2 nitrogen and oxygen atoms in total. The summed E-state index contributed by atoms with van der Waals surface area (Å²) in [6, 6.07) is 0.917. The molecule has 0 saturated heterocycles. The van der Waals surface area contributed by atoms with Crippen molar-refractivity contribution in [2.75, 3.05) is 26.2 Å². The summed E-state index contributed by atoms with van der Waals surface area (Å²) in [4.78, 5) is 2.70. The topological polar surface area (TPSA) is 15.3 Å². The summed E-state index contributed by atoms with van der Waals surface area (Å²) in [7, 11) is 0. The number of hydrogen-bond acceptors (Lipinski definition) is 2. The lowest BCUT2D eigenvalue weighted by molar-refractivity contribution is 0.247. The van der Waals surface area contributed by atoms with Crippen LogP contribution in [0.2, 0.25) is 0 Å². The molecule has 0 aromatic rings. The van der Waals surface area contributed by atoms with E-state index in [0.717, 1.165) is 17.9 Å². The van der Waals surface area contributed by atoms with Crippen molar-refractivity contribution in [2.45, 2.75) is 59.4 Å². The Bertz CT molecular complexity index is 185. The van der Waals surface area contributed by atoms with Gasteiger partial charge in [-0.2, -0.15) is 0 Å². The maximum atomic E-state index is 3.58. The number of nitrogens with zero attached hydrogens (tertiary/aromatic N) is 1. The first-order chi connectivity index (χ1) is 8.09.